The van der Waals surface area contributed by atoms with Crippen molar-refractivity contribution in [2.45, 2.75) is 38.8 Å². The van der Waals surface area contributed by atoms with E-state index in [9.17, 15) is 4.79 Å². The van der Waals surface area contributed by atoms with E-state index in [0.29, 0.717) is 18.9 Å². The number of amides is 1. The Morgan fingerprint density at radius 3 is 2.90 bits per heavy atom. The number of hydrogen-bond donors (Lipinski definition) is 1. The number of carbonyl (C=O) groups is 1. The topological polar surface area (TPSA) is 60.5 Å². The van der Waals surface area contributed by atoms with Crippen LogP contribution in [-0.2, 0) is 19.6 Å². The summed E-state index contributed by atoms with van der Waals surface area (Å²) in [4.78, 5) is 19.1. The molecule has 2 atom stereocenters. The average Bonchev–Trinajstić information content (AvgIpc) is 3.30. The highest BCUT2D eigenvalue weighted by Gasteiger charge is 2.48. The number of pyridine rings is 1. The second kappa shape index (κ2) is 7.76. The predicted octanol–water partition coefficient (Wildman–Crippen LogP) is 4.63. The minimum Gasteiger partial charge on any atom is -0.496 e. The molecule has 0 unspecified atom stereocenters. The van der Waals surface area contributed by atoms with E-state index in [2.05, 4.69) is 17.2 Å². The van der Waals surface area contributed by atoms with Crippen LogP contribution in [0.3, 0.4) is 0 Å². The molecule has 0 saturated heterocycles. The number of nitrogens with zero attached hydrogens (tertiary/aromatic N) is 1. The Hall–Kier alpha value is -2.86. The number of aryl methyl sites for hydroxylation is 1. The van der Waals surface area contributed by atoms with Crippen LogP contribution in [0.1, 0.15) is 49.1 Å². The van der Waals surface area contributed by atoms with Gasteiger partial charge < -0.3 is 14.8 Å². The van der Waals surface area contributed by atoms with Crippen molar-refractivity contribution < 1.29 is 14.3 Å². The molecule has 2 aliphatic rings. The van der Waals surface area contributed by atoms with E-state index in [-0.39, 0.29) is 5.91 Å². The molecule has 3 aromatic rings. The van der Waals surface area contributed by atoms with Crippen LogP contribution in [-0.4, -0.2) is 18.0 Å². The molecule has 5 nitrogen and oxygen atoms in total. The van der Waals surface area contributed by atoms with Crippen molar-refractivity contribution in [1.29, 1.82) is 0 Å². The zero-order chi connectivity index (χ0) is 20.7. The summed E-state index contributed by atoms with van der Waals surface area (Å²) in [6, 6.07) is 9.57. The maximum absolute atomic E-state index is 12.9. The lowest BCUT2D eigenvalue weighted by Crippen LogP contribution is -2.23. The minimum absolute atomic E-state index is 0.0192. The zero-order valence-electron chi connectivity index (χ0n) is 17.1. The molecule has 0 aliphatic heterocycles. The fourth-order valence-electron chi connectivity index (χ4n) is 4.43. The quantitative estimate of drug-likeness (QED) is 0.605. The summed E-state index contributed by atoms with van der Waals surface area (Å²) in [6.45, 7) is 3.03. The fourth-order valence-corrected chi connectivity index (χ4v) is 5.60. The Bertz CT molecular complexity index is 1090. The van der Waals surface area contributed by atoms with E-state index in [1.165, 1.54) is 22.4 Å². The number of methoxy groups -OCH3 is 1. The first-order valence-corrected chi connectivity index (χ1v) is 11.0. The van der Waals surface area contributed by atoms with Crippen molar-refractivity contribution in [2.24, 2.45) is 5.92 Å². The van der Waals surface area contributed by atoms with Gasteiger partial charge in [-0.05, 0) is 72.6 Å². The van der Waals surface area contributed by atoms with E-state index in [4.69, 9.17) is 9.47 Å². The lowest BCUT2D eigenvalue weighted by atomic mass is 10.1. The van der Waals surface area contributed by atoms with Gasteiger partial charge in [-0.2, -0.15) is 0 Å². The second-order valence-electron chi connectivity index (χ2n) is 7.99. The molecule has 0 radical (unpaired) electrons. The van der Waals surface area contributed by atoms with E-state index < -0.39 is 0 Å². The predicted molar refractivity (Wildman–Crippen MR) is 116 cm³/mol. The van der Waals surface area contributed by atoms with Gasteiger partial charge in [-0.25, -0.2) is 0 Å². The fraction of sp³-hybridized carbons (Fsp3) is 0.333. The molecule has 0 spiro atoms. The van der Waals surface area contributed by atoms with Crippen molar-refractivity contribution >= 4 is 17.2 Å². The van der Waals surface area contributed by atoms with Gasteiger partial charge in [0.25, 0.3) is 5.91 Å². The normalized spacial score (nSPS) is 18.5. The van der Waals surface area contributed by atoms with Gasteiger partial charge in [0.2, 0.25) is 0 Å². The zero-order valence-corrected chi connectivity index (χ0v) is 17.9. The standard InChI is InChI=1S/C24H24N2O3S/c1-14-22-19-9-17(19)10-20(22)23(30-14)24(27)26-12-16-3-4-18(11-21(16)28-2)29-13-15-5-7-25-8-6-15/h3-8,11,17,19H,9-10,12-13H2,1-2H3,(H,26,27)/t17-,19-/m1/s1. The Balaban J connectivity index is 1.24. The van der Waals surface area contributed by atoms with Gasteiger partial charge in [-0.15, -0.1) is 11.3 Å². The summed E-state index contributed by atoms with van der Waals surface area (Å²) in [5, 5.41) is 3.08. The van der Waals surface area contributed by atoms with Crippen LogP contribution in [0.15, 0.2) is 42.7 Å². The van der Waals surface area contributed by atoms with Crippen molar-refractivity contribution in [2.75, 3.05) is 7.11 Å². The van der Waals surface area contributed by atoms with E-state index >= 15 is 0 Å². The number of rotatable bonds is 7. The number of ether oxygens (including phenoxy) is 2. The Morgan fingerprint density at radius 2 is 2.10 bits per heavy atom. The van der Waals surface area contributed by atoms with Crippen LogP contribution in [0.25, 0.3) is 0 Å². The molecule has 1 amide bonds. The molecule has 6 heteroatoms. The summed E-state index contributed by atoms with van der Waals surface area (Å²) in [5.74, 6) is 2.96. The molecule has 2 aromatic heterocycles. The number of thiophene rings is 1. The van der Waals surface area contributed by atoms with Gasteiger partial charge in [0.1, 0.15) is 18.1 Å². The molecule has 1 fully saturated rings. The van der Waals surface area contributed by atoms with E-state index in [0.717, 1.165) is 40.0 Å². The number of benzene rings is 1. The minimum atomic E-state index is 0.0192. The molecule has 1 N–H and O–H groups in total. The van der Waals surface area contributed by atoms with Crippen molar-refractivity contribution in [3.8, 4) is 11.5 Å². The van der Waals surface area contributed by atoms with Gasteiger partial charge in [0.05, 0.1) is 12.0 Å². The molecule has 30 heavy (non-hydrogen) atoms. The number of fused-ring (bicyclic) bond motifs is 3. The number of nitrogens with one attached hydrogen (secondary N) is 1. The third-order valence-electron chi connectivity index (χ3n) is 6.05. The lowest BCUT2D eigenvalue weighted by molar-refractivity contribution is 0.0954. The molecule has 1 saturated carbocycles. The summed E-state index contributed by atoms with van der Waals surface area (Å²) >= 11 is 1.64. The average molecular weight is 421 g/mol. The Labute approximate surface area is 180 Å². The van der Waals surface area contributed by atoms with Gasteiger partial charge in [0, 0.05) is 35.4 Å². The monoisotopic (exact) mass is 420 g/mol. The third-order valence-corrected chi connectivity index (χ3v) is 7.21. The van der Waals surface area contributed by atoms with Crippen molar-refractivity contribution in [3.05, 3.63) is 74.7 Å². The number of aromatic nitrogens is 1. The maximum Gasteiger partial charge on any atom is 0.261 e. The van der Waals surface area contributed by atoms with Gasteiger partial charge >= 0.3 is 0 Å². The van der Waals surface area contributed by atoms with Crippen LogP contribution in [0.5, 0.6) is 11.5 Å². The van der Waals surface area contributed by atoms with E-state index in [1.54, 1.807) is 30.8 Å². The van der Waals surface area contributed by atoms with Gasteiger partial charge in [-0.1, -0.05) is 0 Å². The highest BCUT2D eigenvalue weighted by atomic mass is 32.1. The molecular formula is C24H24N2O3S. The summed E-state index contributed by atoms with van der Waals surface area (Å²) < 4.78 is 11.4. The Morgan fingerprint density at radius 1 is 1.27 bits per heavy atom. The van der Waals surface area contributed by atoms with Crippen LogP contribution < -0.4 is 14.8 Å². The van der Waals surface area contributed by atoms with Crippen LogP contribution in [0.2, 0.25) is 0 Å². The van der Waals surface area contributed by atoms with E-state index in [1.807, 2.05) is 30.3 Å². The first-order chi connectivity index (χ1) is 14.6. The molecule has 5 rings (SSSR count). The highest BCUT2D eigenvalue weighted by Crippen LogP contribution is 2.59. The maximum atomic E-state index is 12.9. The molecule has 2 aliphatic carbocycles. The third kappa shape index (κ3) is 3.56. The smallest absolute Gasteiger partial charge is 0.261 e. The molecule has 2 heterocycles. The van der Waals surface area contributed by atoms with Crippen molar-refractivity contribution in [3.63, 3.8) is 0 Å². The molecule has 1 aromatic carbocycles. The van der Waals surface area contributed by atoms with Crippen LogP contribution >= 0.6 is 11.3 Å². The first-order valence-electron chi connectivity index (χ1n) is 10.2. The summed E-state index contributed by atoms with van der Waals surface area (Å²) in [5.41, 5.74) is 4.73. The first kappa shape index (κ1) is 19.1. The second-order valence-corrected chi connectivity index (χ2v) is 9.21. The Kier molecular flexibility index (Phi) is 4.95. The molecule has 0 bridgehead atoms. The summed E-state index contributed by atoms with van der Waals surface area (Å²) in [7, 11) is 1.63. The number of carbonyl (C=O) groups excluding carboxylic acids is 1. The highest BCUT2D eigenvalue weighted by molar-refractivity contribution is 7.14. The van der Waals surface area contributed by atoms with Gasteiger partial charge in [-0.3, -0.25) is 9.78 Å². The lowest BCUT2D eigenvalue weighted by Gasteiger charge is -2.13. The SMILES string of the molecule is COc1cc(OCc2ccncc2)ccc1CNC(=O)c1sc(C)c2c1C[C@H]1C[C@@H]21. The summed E-state index contributed by atoms with van der Waals surface area (Å²) in [6.07, 6.45) is 5.87. The molecule has 154 valence electrons. The van der Waals surface area contributed by atoms with Crippen LogP contribution in [0.4, 0.5) is 0 Å². The van der Waals surface area contributed by atoms with Crippen molar-refractivity contribution in [1.82, 2.24) is 10.3 Å². The van der Waals surface area contributed by atoms with Crippen LogP contribution in [0, 0.1) is 12.8 Å². The van der Waals surface area contributed by atoms with Gasteiger partial charge in [0.15, 0.2) is 0 Å². The largest absolute Gasteiger partial charge is 0.496 e. The number of hydrogen-bond acceptors (Lipinski definition) is 5. The molecular weight excluding hydrogens is 396 g/mol.